The van der Waals surface area contributed by atoms with E-state index < -0.39 is 26.4 Å². The van der Waals surface area contributed by atoms with Gasteiger partial charge < -0.3 is 14.6 Å². The van der Waals surface area contributed by atoms with Gasteiger partial charge >= 0.3 is 0 Å². The summed E-state index contributed by atoms with van der Waals surface area (Å²) in [7, 11) is -4.40. The molecule has 0 aromatic carbocycles. The van der Waals surface area contributed by atoms with Crippen molar-refractivity contribution in [2.24, 2.45) is 0 Å². The first-order valence-corrected chi connectivity index (χ1v) is 13.2. The van der Waals surface area contributed by atoms with Gasteiger partial charge in [0.05, 0.1) is 17.4 Å². The summed E-state index contributed by atoms with van der Waals surface area (Å²) in [6.07, 6.45) is 4.78. The van der Waals surface area contributed by atoms with Crippen molar-refractivity contribution in [2.75, 3.05) is 4.90 Å². The zero-order valence-corrected chi connectivity index (χ0v) is 21.4. The van der Waals surface area contributed by atoms with Gasteiger partial charge in [-0.3, -0.25) is 9.59 Å². The predicted molar refractivity (Wildman–Crippen MR) is 136 cm³/mol. The maximum atomic E-state index is 13.2. The SMILES string of the molecule is CC(C)Oc1ccc(-c2ccc(C(=O)NS(=O)(=O)c3ccc[nH]c3=O)c(N3[C@H](C)CC[C@@H]3C)n2)cn1. The van der Waals surface area contributed by atoms with Crippen LogP contribution in [0, 0.1) is 0 Å². The third-order valence-electron chi connectivity index (χ3n) is 6.00. The largest absolute Gasteiger partial charge is 0.475 e. The minimum atomic E-state index is -4.40. The molecule has 4 rings (SSSR count). The zero-order valence-electron chi connectivity index (χ0n) is 20.6. The number of H-pyrrole nitrogens is 1. The smallest absolute Gasteiger partial charge is 0.269 e. The van der Waals surface area contributed by atoms with Crippen LogP contribution in [-0.4, -0.2) is 47.5 Å². The number of carbonyl (C=O) groups excluding carboxylic acids is 1. The Morgan fingerprint density at radius 1 is 1.14 bits per heavy atom. The van der Waals surface area contributed by atoms with Gasteiger partial charge in [0.1, 0.15) is 5.82 Å². The summed E-state index contributed by atoms with van der Waals surface area (Å²) in [4.78, 5) is 38.2. The molecule has 1 aliphatic heterocycles. The van der Waals surface area contributed by atoms with Crippen LogP contribution in [0.2, 0.25) is 0 Å². The van der Waals surface area contributed by atoms with E-state index in [9.17, 15) is 18.0 Å². The normalized spacial score (nSPS) is 17.9. The number of pyridine rings is 3. The van der Waals surface area contributed by atoms with E-state index in [-0.39, 0.29) is 23.8 Å². The van der Waals surface area contributed by atoms with Crippen molar-refractivity contribution in [1.29, 1.82) is 0 Å². The first-order chi connectivity index (χ1) is 17.1. The molecular weight excluding hydrogens is 482 g/mol. The maximum absolute atomic E-state index is 13.2. The van der Waals surface area contributed by atoms with Crippen molar-refractivity contribution in [2.45, 2.75) is 63.6 Å². The fraction of sp³-hybridized carbons (Fsp3) is 0.360. The topological polar surface area (TPSA) is 134 Å². The average Bonchev–Trinajstić information content (AvgIpc) is 3.16. The highest BCUT2D eigenvalue weighted by Gasteiger charge is 2.33. The Hall–Kier alpha value is -3.73. The summed E-state index contributed by atoms with van der Waals surface area (Å²) in [5.74, 6) is 0.00690. The van der Waals surface area contributed by atoms with Crippen LogP contribution in [0.25, 0.3) is 11.3 Å². The van der Waals surface area contributed by atoms with Gasteiger partial charge in [-0.05, 0) is 70.9 Å². The predicted octanol–water partition coefficient (Wildman–Crippen LogP) is 3.12. The van der Waals surface area contributed by atoms with E-state index in [0.717, 1.165) is 24.5 Å². The van der Waals surface area contributed by atoms with Crippen molar-refractivity contribution < 1.29 is 17.9 Å². The van der Waals surface area contributed by atoms with Crippen molar-refractivity contribution in [3.05, 3.63) is 64.7 Å². The first-order valence-electron chi connectivity index (χ1n) is 11.7. The Bertz CT molecular complexity index is 1410. The number of hydrogen-bond acceptors (Lipinski definition) is 8. The summed E-state index contributed by atoms with van der Waals surface area (Å²) in [6, 6.07) is 9.50. The molecule has 1 amide bonds. The van der Waals surface area contributed by atoms with E-state index in [4.69, 9.17) is 9.72 Å². The summed E-state index contributed by atoms with van der Waals surface area (Å²) in [5, 5.41) is 0. The van der Waals surface area contributed by atoms with Gasteiger partial charge in [0.15, 0.2) is 4.90 Å². The van der Waals surface area contributed by atoms with Crippen LogP contribution in [0.1, 0.15) is 50.9 Å². The molecule has 10 nitrogen and oxygen atoms in total. The fourth-order valence-corrected chi connectivity index (χ4v) is 5.31. The van der Waals surface area contributed by atoms with Crippen LogP contribution in [0.15, 0.2) is 58.5 Å². The minimum Gasteiger partial charge on any atom is -0.475 e. The number of rotatable bonds is 7. The van der Waals surface area contributed by atoms with Crippen LogP contribution in [0.3, 0.4) is 0 Å². The Balaban J connectivity index is 1.73. The summed E-state index contributed by atoms with van der Waals surface area (Å²) in [5.41, 5.74) is 0.592. The first kappa shape index (κ1) is 25.4. The van der Waals surface area contributed by atoms with Gasteiger partial charge in [0.2, 0.25) is 5.88 Å². The molecule has 3 aromatic rings. The van der Waals surface area contributed by atoms with Crippen molar-refractivity contribution in [1.82, 2.24) is 19.7 Å². The molecule has 0 bridgehead atoms. The quantitative estimate of drug-likeness (QED) is 0.494. The molecule has 190 valence electrons. The van der Waals surface area contributed by atoms with Crippen molar-refractivity contribution >= 4 is 21.7 Å². The summed E-state index contributed by atoms with van der Waals surface area (Å²) in [6.45, 7) is 7.91. The van der Waals surface area contributed by atoms with Crippen LogP contribution in [0.4, 0.5) is 5.82 Å². The number of nitrogens with one attached hydrogen (secondary N) is 2. The molecule has 0 aliphatic carbocycles. The van der Waals surface area contributed by atoms with Crippen LogP contribution in [-0.2, 0) is 10.0 Å². The number of aromatic nitrogens is 3. The van der Waals surface area contributed by atoms with E-state index in [1.165, 1.54) is 12.3 Å². The molecule has 1 aliphatic rings. The molecule has 0 unspecified atom stereocenters. The Morgan fingerprint density at radius 3 is 2.47 bits per heavy atom. The second kappa shape index (κ2) is 10.1. The highest BCUT2D eigenvalue weighted by Crippen LogP contribution is 2.33. The van der Waals surface area contributed by atoms with Crippen molar-refractivity contribution in [3.63, 3.8) is 0 Å². The number of anilines is 1. The van der Waals surface area contributed by atoms with Gasteiger partial charge in [-0.1, -0.05) is 0 Å². The monoisotopic (exact) mass is 511 g/mol. The lowest BCUT2D eigenvalue weighted by molar-refractivity contribution is 0.0981. The van der Waals surface area contributed by atoms with E-state index in [1.54, 1.807) is 24.4 Å². The number of ether oxygens (including phenoxy) is 1. The number of hydrogen-bond donors (Lipinski definition) is 2. The number of aromatic amines is 1. The zero-order chi connectivity index (χ0) is 26.0. The van der Waals surface area contributed by atoms with Gasteiger partial charge in [-0.25, -0.2) is 23.1 Å². The van der Waals surface area contributed by atoms with E-state index in [0.29, 0.717) is 17.4 Å². The molecule has 0 saturated carbocycles. The highest BCUT2D eigenvalue weighted by molar-refractivity contribution is 7.90. The van der Waals surface area contributed by atoms with Gasteiger partial charge in [-0.2, -0.15) is 0 Å². The Labute approximate surface area is 209 Å². The number of sulfonamides is 1. The second-order valence-corrected chi connectivity index (χ2v) is 10.8. The number of amides is 1. The van der Waals surface area contributed by atoms with Crippen LogP contribution >= 0.6 is 0 Å². The van der Waals surface area contributed by atoms with Gasteiger partial charge in [0, 0.05) is 36.1 Å². The third kappa shape index (κ3) is 5.25. The number of carbonyl (C=O) groups is 1. The summed E-state index contributed by atoms with van der Waals surface area (Å²) < 4.78 is 33.2. The standard InChI is InChI=1S/C25H29N5O5S/c1-15(2)35-22-12-9-18(14-27-22)20-11-10-19(23(28-20)30-16(3)7-8-17(30)4)24(31)29-36(33,34)21-6-5-13-26-25(21)32/h5-6,9-17H,7-8H2,1-4H3,(H,26,32)(H,29,31)/t16-,17+. The molecular formula is C25H29N5O5S. The molecule has 0 spiro atoms. The minimum absolute atomic E-state index is 0.00763. The molecule has 2 N–H and O–H groups in total. The molecule has 36 heavy (non-hydrogen) atoms. The molecule has 3 aromatic heterocycles. The van der Waals surface area contributed by atoms with Gasteiger partial charge in [0.25, 0.3) is 21.5 Å². The molecule has 2 atom stereocenters. The van der Waals surface area contributed by atoms with E-state index in [2.05, 4.69) is 9.97 Å². The van der Waals surface area contributed by atoms with Crippen LogP contribution in [0.5, 0.6) is 5.88 Å². The fourth-order valence-electron chi connectivity index (χ4n) is 4.29. The Morgan fingerprint density at radius 2 is 1.86 bits per heavy atom. The van der Waals surface area contributed by atoms with Crippen LogP contribution < -0.4 is 19.9 Å². The lowest BCUT2D eigenvalue weighted by Gasteiger charge is -2.29. The number of nitrogens with zero attached hydrogens (tertiary/aromatic N) is 3. The van der Waals surface area contributed by atoms with E-state index >= 15 is 0 Å². The Kier molecular flexibility index (Phi) is 7.11. The van der Waals surface area contributed by atoms with Gasteiger partial charge in [-0.15, -0.1) is 0 Å². The van der Waals surface area contributed by atoms with E-state index in [1.807, 2.05) is 43.4 Å². The molecule has 1 fully saturated rings. The maximum Gasteiger partial charge on any atom is 0.269 e. The lowest BCUT2D eigenvalue weighted by atomic mass is 10.1. The molecule has 0 radical (unpaired) electrons. The highest BCUT2D eigenvalue weighted by atomic mass is 32.2. The third-order valence-corrected chi connectivity index (χ3v) is 7.36. The average molecular weight is 512 g/mol. The lowest BCUT2D eigenvalue weighted by Crippen LogP contribution is -2.38. The second-order valence-electron chi connectivity index (χ2n) is 9.10. The molecule has 1 saturated heterocycles. The summed E-state index contributed by atoms with van der Waals surface area (Å²) >= 11 is 0. The van der Waals surface area contributed by atoms with Crippen molar-refractivity contribution in [3.8, 4) is 17.1 Å². The molecule has 11 heteroatoms. The molecule has 4 heterocycles.